The number of nitrogens with zero attached hydrogens (tertiary/aromatic N) is 1. The lowest BCUT2D eigenvalue weighted by atomic mass is 10.2. The second-order valence-electron chi connectivity index (χ2n) is 5.02. The van der Waals surface area contributed by atoms with E-state index in [4.69, 9.17) is 9.47 Å². The molecule has 0 aliphatic carbocycles. The lowest BCUT2D eigenvalue weighted by Gasteiger charge is -2.35. The highest BCUT2D eigenvalue weighted by atomic mass is 16.5. The number of para-hydroxylation sites is 1. The maximum atomic E-state index is 10.9. The SMILES string of the molecule is C[C@H]1CN(CCOc2ccccc2C=O)C[C@H](C)O1. The third-order valence-corrected chi connectivity index (χ3v) is 3.21. The summed E-state index contributed by atoms with van der Waals surface area (Å²) in [5, 5.41) is 0. The number of hydrogen-bond acceptors (Lipinski definition) is 4. The molecule has 4 nitrogen and oxygen atoms in total. The van der Waals surface area contributed by atoms with Gasteiger partial charge in [-0.05, 0) is 26.0 Å². The molecular weight excluding hydrogens is 242 g/mol. The first-order valence-corrected chi connectivity index (χ1v) is 6.74. The summed E-state index contributed by atoms with van der Waals surface area (Å²) in [5.74, 6) is 0.659. The van der Waals surface area contributed by atoms with Crippen molar-refractivity contribution in [2.24, 2.45) is 0 Å². The molecule has 2 rings (SSSR count). The van der Waals surface area contributed by atoms with E-state index in [2.05, 4.69) is 18.7 Å². The van der Waals surface area contributed by atoms with Crippen LogP contribution in [-0.2, 0) is 4.74 Å². The Morgan fingerprint density at radius 2 is 2.00 bits per heavy atom. The fourth-order valence-electron chi connectivity index (χ4n) is 2.46. The molecule has 0 N–H and O–H groups in total. The van der Waals surface area contributed by atoms with Crippen LogP contribution in [0.25, 0.3) is 0 Å². The van der Waals surface area contributed by atoms with Gasteiger partial charge in [-0.25, -0.2) is 0 Å². The highest BCUT2D eigenvalue weighted by Gasteiger charge is 2.21. The number of ether oxygens (including phenoxy) is 2. The third-order valence-electron chi connectivity index (χ3n) is 3.21. The van der Waals surface area contributed by atoms with Gasteiger partial charge in [-0.1, -0.05) is 12.1 Å². The second-order valence-corrected chi connectivity index (χ2v) is 5.02. The van der Waals surface area contributed by atoms with Crippen molar-refractivity contribution in [3.63, 3.8) is 0 Å². The van der Waals surface area contributed by atoms with E-state index in [0.29, 0.717) is 17.9 Å². The summed E-state index contributed by atoms with van der Waals surface area (Å²) in [6.07, 6.45) is 1.37. The summed E-state index contributed by atoms with van der Waals surface area (Å²) >= 11 is 0. The minimum atomic E-state index is 0.269. The Bertz CT molecular complexity index is 412. The summed E-state index contributed by atoms with van der Waals surface area (Å²) in [7, 11) is 0. The monoisotopic (exact) mass is 263 g/mol. The number of aldehydes is 1. The smallest absolute Gasteiger partial charge is 0.153 e. The van der Waals surface area contributed by atoms with Crippen LogP contribution in [0.4, 0.5) is 0 Å². The first-order valence-electron chi connectivity index (χ1n) is 6.74. The maximum absolute atomic E-state index is 10.9. The van der Waals surface area contributed by atoms with Gasteiger partial charge in [0.2, 0.25) is 0 Å². The zero-order valence-electron chi connectivity index (χ0n) is 11.5. The summed E-state index contributed by atoms with van der Waals surface area (Å²) in [5.41, 5.74) is 0.603. The van der Waals surface area contributed by atoms with E-state index in [1.807, 2.05) is 18.2 Å². The molecular formula is C15H21NO3. The molecule has 2 atom stereocenters. The van der Waals surface area contributed by atoms with Crippen molar-refractivity contribution in [1.29, 1.82) is 0 Å². The van der Waals surface area contributed by atoms with Crippen molar-refractivity contribution in [1.82, 2.24) is 4.90 Å². The van der Waals surface area contributed by atoms with E-state index >= 15 is 0 Å². The maximum Gasteiger partial charge on any atom is 0.153 e. The van der Waals surface area contributed by atoms with Gasteiger partial charge in [-0.3, -0.25) is 9.69 Å². The van der Waals surface area contributed by atoms with E-state index in [0.717, 1.165) is 25.9 Å². The Balaban J connectivity index is 1.81. The van der Waals surface area contributed by atoms with Gasteiger partial charge in [0.25, 0.3) is 0 Å². The third kappa shape index (κ3) is 4.04. The van der Waals surface area contributed by atoms with E-state index < -0.39 is 0 Å². The average molecular weight is 263 g/mol. The fraction of sp³-hybridized carbons (Fsp3) is 0.533. The number of rotatable bonds is 5. The van der Waals surface area contributed by atoms with Crippen LogP contribution in [0, 0.1) is 0 Å². The molecule has 1 saturated heterocycles. The number of morpholine rings is 1. The molecule has 19 heavy (non-hydrogen) atoms. The molecule has 1 aromatic carbocycles. The van der Waals surface area contributed by atoms with E-state index in [1.165, 1.54) is 0 Å². The van der Waals surface area contributed by atoms with Crippen LogP contribution in [0.3, 0.4) is 0 Å². The Morgan fingerprint density at radius 3 is 2.68 bits per heavy atom. The van der Waals surface area contributed by atoms with Crippen molar-refractivity contribution >= 4 is 6.29 Å². The first-order chi connectivity index (χ1) is 9.19. The zero-order chi connectivity index (χ0) is 13.7. The topological polar surface area (TPSA) is 38.8 Å². The highest BCUT2D eigenvalue weighted by molar-refractivity contribution is 5.79. The zero-order valence-corrected chi connectivity index (χ0v) is 11.5. The second kappa shape index (κ2) is 6.68. The molecule has 1 aliphatic heterocycles. The van der Waals surface area contributed by atoms with Crippen LogP contribution in [0.2, 0.25) is 0 Å². The van der Waals surface area contributed by atoms with E-state index in [1.54, 1.807) is 6.07 Å². The highest BCUT2D eigenvalue weighted by Crippen LogP contribution is 2.16. The van der Waals surface area contributed by atoms with Crippen LogP contribution >= 0.6 is 0 Å². The van der Waals surface area contributed by atoms with Crippen LogP contribution in [0.1, 0.15) is 24.2 Å². The van der Waals surface area contributed by atoms with Gasteiger partial charge in [0, 0.05) is 19.6 Å². The van der Waals surface area contributed by atoms with Crippen molar-refractivity contribution in [3.05, 3.63) is 29.8 Å². The molecule has 0 aromatic heterocycles. The van der Waals surface area contributed by atoms with E-state index in [-0.39, 0.29) is 12.2 Å². The van der Waals surface area contributed by atoms with Gasteiger partial charge in [-0.15, -0.1) is 0 Å². The molecule has 0 saturated carbocycles. The Kier molecular flexibility index (Phi) is 4.93. The van der Waals surface area contributed by atoms with Crippen molar-refractivity contribution in [2.75, 3.05) is 26.2 Å². The van der Waals surface area contributed by atoms with E-state index in [9.17, 15) is 4.79 Å². The van der Waals surface area contributed by atoms with Gasteiger partial charge < -0.3 is 9.47 Å². The molecule has 0 unspecified atom stereocenters. The average Bonchev–Trinajstić information content (AvgIpc) is 2.38. The quantitative estimate of drug-likeness (QED) is 0.762. The molecule has 1 heterocycles. The van der Waals surface area contributed by atoms with Crippen molar-refractivity contribution < 1.29 is 14.3 Å². The number of benzene rings is 1. The lowest BCUT2D eigenvalue weighted by Crippen LogP contribution is -2.46. The molecule has 0 radical (unpaired) electrons. The summed E-state index contributed by atoms with van der Waals surface area (Å²) in [6.45, 7) is 7.48. The van der Waals surface area contributed by atoms with Crippen LogP contribution in [0.5, 0.6) is 5.75 Å². The Hall–Kier alpha value is -1.39. The molecule has 0 bridgehead atoms. The first kappa shape index (κ1) is 14.0. The minimum Gasteiger partial charge on any atom is -0.492 e. The number of hydrogen-bond donors (Lipinski definition) is 0. The van der Waals surface area contributed by atoms with Gasteiger partial charge in [0.05, 0.1) is 17.8 Å². The Morgan fingerprint density at radius 1 is 1.32 bits per heavy atom. The van der Waals surface area contributed by atoms with Crippen LogP contribution in [-0.4, -0.2) is 49.6 Å². The van der Waals surface area contributed by atoms with Gasteiger partial charge in [0.1, 0.15) is 12.4 Å². The van der Waals surface area contributed by atoms with Gasteiger partial charge >= 0.3 is 0 Å². The molecule has 1 fully saturated rings. The number of carbonyl (C=O) groups is 1. The summed E-state index contributed by atoms with van der Waals surface area (Å²) < 4.78 is 11.4. The Labute approximate surface area is 114 Å². The largest absolute Gasteiger partial charge is 0.492 e. The predicted octanol–water partition coefficient (Wildman–Crippen LogP) is 1.99. The van der Waals surface area contributed by atoms with Gasteiger partial charge in [-0.2, -0.15) is 0 Å². The lowest BCUT2D eigenvalue weighted by molar-refractivity contribution is -0.0699. The summed E-state index contributed by atoms with van der Waals surface area (Å²) in [4.78, 5) is 13.2. The van der Waals surface area contributed by atoms with Crippen LogP contribution < -0.4 is 4.74 Å². The molecule has 4 heteroatoms. The van der Waals surface area contributed by atoms with Crippen molar-refractivity contribution in [2.45, 2.75) is 26.1 Å². The van der Waals surface area contributed by atoms with Gasteiger partial charge in [0.15, 0.2) is 6.29 Å². The minimum absolute atomic E-state index is 0.269. The predicted molar refractivity (Wildman–Crippen MR) is 73.8 cm³/mol. The molecule has 1 aliphatic rings. The summed E-state index contributed by atoms with van der Waals surface area (Å²) in [6, 6.07) is 7.30. The standard InChI is InChI=1S/C15H21NO3/c1-12-9-16(10-13(2)19-12)7-8-18-15-6-4-3-5-14(15)11-17/h3-6,11-13H,7-10H2,1-2H3/t12-,13-/m0/s1. The normalized spacial score (nSPS) is 24.1. The molecule has 0 amide bonds. The van der Waals surface area contributed by atoms with Crippen LogP contribution in [0.15, 0.2) is 24.3 Å². The van der Waals surface area contributed by atoms with Crippen molar-refractivity contribution in [3.8, 4) is 5.75 Å². The molecule has 104 valence electrons. The molecule has 1 aromatic rings. The fourth-order valence-corrected chi connectivity index (χ4v) is 2.46. The molecule has 0 spiro atoms. The number of carbonyl (C=O) groups excluding carboxylic acids is 1.